The van der Waals surface area contributed by atoms with E-state index in [0.717, 1.165) is 85.6 Å². The summed E-state index contributed by atoms with van der Waals surface area (Å²) in [5, 5.41) is 23.0. The number of aliphatic imine (C=N–C) groups is 2. The Morgan fingerprint density at radius 1 is 0.634 bits per heavy atom. The minimum Gasteiger partial charge on any atom is -0.507 e. The number of benzene rings is 2. The Morgan fingerprint density at radius 2 is 1.11 bits per heavy atom. The standard InChI is InChI=1S/C61H90N2O7.Co/c1-13-16-17-18-19-22-27-69-57(66)49-33-41(30-44(49)14-2)25-26-42-31-45(15-3)50(34-42)58(67)70-29-28-68-40-43-32-46(55(64)51(35-43)60(7,8)9)38-62-53-23-20-21-24-54(53)63-39-47-36-48(59(4,5)6)37-52(56(47)65)61(10,11)12;/h14-15,25-26,32,35-39,41-42,44-45,49-50,53-54,64-65H,2-3,13,16-24,27-31,33-34,40H2,1,4-12H3;/b26-25-,62-38?,63-39?;/t41?,42?,44?,45?,49?,50?,53?,54-;/m1./s1. The van der Waals surface area contributed by atoms with Gasteiger partial charge >= 0.3 is 11.9 Å². The van der Waals surface area contributed by atoms with Crippen LogP contribution in [-0.2, 0) is 63.4 Å². The Labute approximate surface area is 439 Å². The Bertz CT molecular complexity index is 2160. The van der Waals surface area contributed by atoms with E-state index in [0.29, 0.717) is 18.6 Å². The SMILES string of the molecule is C=CC1CC(/C=C\C2CC(C=C)C(C(=O)OCCOCc3cc(C=NC4CCCC[C@H]4N=Cc4cc(C(C)(C)C)cc(C(C)(C)C)c4O)c(O)c(C(C)(C)C)c3)C2)CC1C(=O)OCCCCCCCC.[Co]. The number of rotatable bonds is 22. The number of esters is 2. The van der Waals surface area contributed by atoms with Gasteiger partial charge in [0.05, 0.1) is 43.7 Å². The second-order valence-electron chi connectivity index (χ2n) is 23.8. The van der Waals surface area contributed by atoms with E-state index < -0.39 is 0 Å². The topological polar surface area (TPSA) is 127 Å². The van der Waals surface area contributed by atoms with Crippen LogP contribution in [0, 0.1) is 35.5 Å². The summed E-state index contributed by atoms with van der Waals surface area (Å²) in [6, 6.07) is 7.98. The molecule has 5 rings (SSSR count). The van der Waals surface area contributed by atoms with Gasteiger partial charge in [0, 0.05) is 51.5 Å². The predicted molar refractivity (Wildman–Crippen MR) is 287 cm³/mol. The first kappa shape index (κ1) is 59.6. The van der Waals surface area contributed by atoms with E-state index in [-0.39, 0.29) is 124 Å². The van der Waals surface area contributed by atoms with Gasteiger partial charge in [0.2, 0.25) is 0 Å². The average Bonchev–Trinajstić information content (AvgIpc) is 3.93. The molecule has 2 aromatic rings. The number of carbonyl (C=O) groups is 2. The number of hydrogen-bond donors (Lipinski definition) is 2. The molecular formula is C61H90CoN2O7. The fraction of sp³-hybridized carbons (Fsp3) is 0.639. The molecule has 3 aliphatic rings. The van der Waals surface area contributed by atoms with Crippen LogP contribution in [0.4, 0.5) is 0 Å². The van der Waals surface area contributed by atoms with Crippen molar-refractivity contribution in [2.45, 2.75) is 194 Å². The molecule has 2 aromatic carbocycles. The summed E-state index contributed by atoms with van der Waals surface area (Å²) in [6.07, 6.45) is 25.9. The molecule has 0 saturated heterocycles. The Hall–Kier alpha value is -3.99. The summed E-state index contributed by atoms with van der Waals surface area (Å²) in [5.41, 5.74) is 4.47. The maximum absolute atomic E-state index is 13.4. The number of nitrogens with zero attached hydrogens (tertiary/aromatic N) is 2. The number of aromatic hydroxyl groups is 2. The zero-order valence-electron chi connectivity index (χ0n) is 45.2. The third-order valence-electron chi connectivity index (χ3n) is 15.0. The van der Waals surface area contributed by atoms with Crippen LogP contribution < -0.4 is 0 Å². The van der Waals surface area contributed by atoms with Gasteiger partial charge in [0.1, 0.15) is 18.1 Å². The first-order valence-electron chi connectivity index (χ1n) is 26.8. The fourth-order valence-corrected chi connectivity index (χ4v) is 10.6. The minimum atomic E-state index is -0.338. The largest absolute Gasteiger partial charge is 0.507 e. The number of phenols is 2. The summed E-state index contributed by atoms with van der Waals surface area (Å²) in [4.78, 5) is 36.6. The van der Waals surface area contributed by atoms with Gasteiger partial charge in [-0.05, 0) is 114 Å². The van der Waals surface area contributed by atoms with E-state index in [1.54, 1.807) is 6.21 Å². The molecule has 1 radical (unpaired) electrons. The molecule has 8 atom stereocenters. The maximum Gasteiger partial charge on any atom is 0.309 e. The van der Waals surface area contributed by atoms with E-state index in [1.165, 1.54) is 25.7 Å². The number of phenolic OH excluding ortho intramolecular Hbond substituents is 2. The fourth-order valence-electron chi connectivity index (χ4n) is 10.6. The van der Waals surface area contributed by atoms with Crippen molar-refractivity contribution in [3.8, 4) is 11.5 Å². The molecule has 0 bridgehead atoms. The van der Waals surface area contributed by atoms with Crippen LogP contribution in [0.5, 0.6) is 11.5 Å². The van der Waals surface area contributed by atoms with Crippen molar-refractivity contribution in [3.05, 3.63) is 95.1 Å². The molecular weight excluding hydrogens is 932 g/mol. The third-order valence-corrected chi connectivity index (χ3v) is 15.0. The summed E-state index contributed by atoms with van der Waals surface area (Å²) in [7, 11) is 0. The third kappa shape index (κ3) is 17.3. The van der Waals surface area contributed by atoms with Crippen LogP contribution in [-0.4, -0.2) is 66.5 Å². The molecule has 0 spiro atoms. The Morgan fingerprint density at radius 3 is 1.61 bits per heavy atom. The van der Waals surface area contributed by atoms with Crippen molar-refractivity contribution in [2.24, 2.45) is 45.5 Å². The van der Waals surface area contributed by atoms with Crippen LogP contribution in [0.1, 0.15) is 193 Å². The van der Waals surface area contributed by atoms with Gasteiger partial charge in [-0.1, -0.05) is 145 Å². The van der Waals surface area contributed by atoms with Gasteiger partial charge in [-0.2, -0.15) is 0 Å². The zero-order valence-corrected chi connectivity index (χ0v) is 46.2. The number of unbranched alkanes of at least 4 members (excludes halogenated alkanes) is 5. The van der Waals surface area contributed by atoms with Gasteiger partial charge in [0.15, 0.2) is 0 Å². The van der Waals surface area contributed by atoms with Crippen molar-refractivity contribution in [1.29, 1.82) is 0 Å². The van der Waals surface area contributed by atoms with Crippen LogP contribution in [0.3, 0.4) is 0 Å². The molecule has 2 N–H and O–H groups in total. The molecule has 3 saturated carbocycles. The number of allylic oxidation sites excluding steroid dienone is 4. The molecule has 3 aliphatic carbocycles. The van der Waals surface area contributed by atoms with Crippen LogP contribution in [0.25, 0.3) is 0 Å². The number of ether oxygens (including phenoxy) is 3. The smallest absolute Gasteiger partial charge is 0.309 e. The van der Waals surface area contributed by atoms with Crippen molar-refractivity contribution >= 4 is 24.4 Å². The van der Waals surface area contributed by atoms with E-state index in [2.05, 4.69) is 107 Å². The first-order valence-corrected chi connectivity index (χ1v) is 26.8. The molecule has 7 unspecified atom stereocenters. The van der Waals surface area contributed by atoms with E-state index in [1.807, 2.05) is 30.5 Å². The predicted octanol–water partition coefficient (Wildman–Crippen LogP) is 14.0. The van der Waals surface area contributed by atoms with E-state index in [4.69, 9.17) is 24.2 Å². The molecule has 3 fully saturated rings. The van der Waals surface area contributed by atoms with Gasteiger partial charge in [-0.3, -0.25) is 19.6 Å². The summed E-state index contributed by atoms with van der Waals surface area (Å²) < 4.78 is 17.6. The molecule has 0 aromatic heterocycles. The van der Waals surface area contributed by atoms with Crippen molar-refractivity contribution < 1.29 is 50.8 Å². The minimum absolute atomic E-state index is 0. The molecule has 395 valence electrons. The molecule has 0 amide bonds. The zero-order chi connectivity index (χ0) is 51.2. The summed E-state index contributed by atoms with van der Waals surface area (Å²) in [6.45, 7) is 30.6. The van der Waals surface area contributed by atoms with E-state index in [9.17, 15) is 19.8 Å². The Kier molecular flexibility index (Phi) is 22.9. The van der Waals surface area contributed by atoms with Gasteiger partial charge in [0.25, 0.3) is 0 Å². The van der Waals surface area contributed by atoms with Gasteiger partial charge < -0.3 is 24.4 Å². The summed E-state index contributed by atoms with van der Waals surface area (Å²) >= 11 is 0. The molecule has 9 nitrogen and oxygen atoms in total. The average molecular weight is 1020 g/mol. The van der Waals surface area contributed by atoms with Gasteiger partial charge in [-0.15, -0.1) is 13.2 Å². The monoisotopic (exact) mass is 1020 g/mol. The number of hydrogen-bond acceptors (Lipinski definition) is 9. The van der Waals surface area contributed by atoms with Crippen LogP contribution in [0.2, 0.25) is 0 Å². The number of carbonyl (C=O) groups excluding carboxylic acids is 2. The second-order valence-corrected chi connectivity index (χ2v) is 23.8. The normalized spacial score (nSPS) is 24.1. The maximum atomic E-state index is 13.4. The van der Waals surface area contributed by atoms with Gasteiger partial charge in [-0.25, -0.2) is 0 Å². The quantitative estimate of drug-likeness (QED) is 0.0520. The molecule has 10 heteroatoms. The van der Waals surface area contributed by atoms with Crippen molar-refractivity contribution in [1.82, 2.24) is 0 Å². The van der Waals surface area contributed by atoms with Crippen molar-refractivity contribution in [2.75, 3.05) is 19.8 Å². The van der Waals surface area contributed by atoms with Crippen LogP contribution in [0.15, 0.2) is 71.7 Å². The second kappa shape index (κ2) is 27.3. The molecule has 0 heterocycles. The summed E-state index contributed by atoms with van der Waals surface area (Å²) in [5.74, 6) is 0.390. The first-order chi connectivity index (χ1) is 33.1. The van der Waals surface area contributed by atoms with Crippen LogP contribution >= 0.6 is 0 Å². The Balaban J connectivity index is 0.0000110. The van der Waals surface area contributed by atoms with Crippen molar-refractivity contribution in [3.63, 3.8) is 0 Å². The van der Waals surface area contributed by atoms with E-state index >= 15 is 0 Å². The molecule has 71 heavy (non-hydrogen) atoms. The molecule has 0 aliphatic heterocycles.